The molecule has 1 aromatic heterocycles. The molecule has 5 heteroatoms. The minimum atomic E-state index is -0.493. The van der Waals surface area contributed by atoms with Crippen LogP contribution >= 0.6 is 0 Å². The van der Waals surface area contributed by atoms with Crippen LogP contribution in [0.25, 0.3) is 17.1 Å². The van der Waals surface area contributed by atoms with E-state index in [1.54, 1.807) is 12.3 Å². The van der Waals surface area contributed by atoms with Gasteiger partial charge in [0.2, 0.25) is 5.91 Å². The van der Waals surface area contributed by atoms with Crippen LogP contribution < -0.4 is 5.32 Å². The van der Waals surface area contributed by atoms with E-state index in [2.05, 4.69) is 15.3 Å². The van der Waals surface area contributed by atoms with Crippen molar-refractivity contribution in [2.24, 2.45) is 0 Å². The van der Waals surface area contributed by atoms with Crippen LogP contribution in [0.15, 0.2) is 36.5 Å². The predicted octanol–water partition coefficient (Wildman–Crippen LogP) is 1.92. The third-order valence-corrected chi connectivity index (χ3v) is 3.01. The van der Waals surface area contributed by atoms with Gasteiger partial charge >= 0.3 is 0 Å². The highest BCUT2D eigenvalue weighted by Gasteiger charge is 2.03. The number of rotatable bonds is 6. The fourth-order valence-electron chi connectivity index (χ4n) is 1.93. The maximum atomic E-state index is 11.6. The molecule has 2 N–H and O–H groups in total. The van der Waals surface area contributed by atoms with Crippen molar-refractivity contribution >= 4 is 23.0 Å². The SMILES string of the molecule is CCCC(O)CNC(=O)/C=C/c1cnc2ccccc2n1. The van der Waals surface area contributed by atoms with Crippen LogP contribution in [0.5, 0.6) is 0 Å². The molecule has 5 nitrogen and oxygen atoms in total. The molecule has 0 fully saturated rings. The Balaban J connectivity index is 1.94. The lowest BCUT2D eigenvalue weighted by Gasteiger charge is -2.08. The smallest absolute Gasteiger partial charge is 0.244 e. The van der Waals surface area contributed by atoms with Gasteiger partial charge in [-0.25, -0.2) is 4.98 Å². The number of carbonyl (C=O) groups excluding carboxylic acids is 1. The molecule has 1 atom stereocenters. The Kier molecular flexibility index (Phi) is 5.40. The second kappa shape index (κ2) is 7.50. The zero-order valence-electron chi connectivity index (χ0n) is 12.0. The van der Waals surface area contributed by atoms with Crippen molar-refractivity contribution < 1.29 is 9.90 Å². The summed E-state index contributed by atoms with van der Waals surface area (Å²) in [4.78, 5) is 20.3. The zero-order valence-corrected chi connectivity index (χ0v) is 12.0. The molecule has 0 aliphatic heterocycles. The normalized spacial score (nSPS) is 12.7. The van der Waals surface area contributed by atoms with Crippen molar-refractivity contribution in [2.75, 3.05) is 6.54 Å². The van der Waals surface area contributed by atoms with Crippen molar-refractivity contribution in [1.29, 1.82) is 0 Å². The van der Waals surface area contributed by atoms with Crippen LogP contribution in [0, 0.1) is 0 Å². The average molecular weight is 285 g/mol. The van der Waals surface area contributed by atoms with Gasteiger partial charge < -0.3 is 10.4 Å². The number of amides is 1. The molecule has 2 rings (SSSR count). The molecule has 1 unspecified atom stereocenters. The molecule has 1 aromatic carbocycles. The van der Waals surface area contributed by atoms with E-state index in [0.717, 1.165) is 17.5 Å². The third kappa shape index (κ3) is 4.65. The topological polar surface area (TPSA) is 75.1 Å². The Morgan fingerprint density at radius 1 is 1.38 bits per heavy atom. The number of benzene rings is 1. The molecule has 21 heavy (non-hydrogen) atoms. The fourth-order valence-corrected chi connectivity index (χ4v) is 1.93. The van der Waals surface area contributed by atoms with Crippen molar-refractivity contribution in [1.82, 2.24) is 15.3 Å². The van der Waals surface area contributed by atoms with Crippen LogP contribution in [0.3, 0.4) is 0 Å². The van der Waals surface area contributed by atoms with E-state index >= 15 is 0 Å². The molecule has 1 amide bonds. The van der Waals surface area contributed by atoms with E-state index in [-0.39, 0.29) is 12.5 Å². The molecule has 2 aromatic rings. The summed E-state index contributed by atoms with van der Waals surface area (Å²) in [6.45, 7) is 2.25. The van der Waals surface area contributed by atoms with Gasteiger partial charge in [0.25, 0.3) is 0 Å². The van der Waals surface area contributed by atoms with Gasteiger partial charge in [0.15, 0.2) is 0 Å². The van der Waals surface area contributed by atoms with Gasteiger partial charge in [0.05, 0.1) is 29.0 Å². The maximum Gasteiger partial charge on any atom is 0.244 e. The van der Waals surface area contributed by atoms with Crippen LogP contribution in [-0.2, 0) is 4.79 Å². The standard InChI is InChI=1S/C16H19N3O2/c1-2-5-13(20)11-18-16(21)9-8-12-10-17-14-6-3-4-7-15(14)19-12/h3-4,6-10,13,20H,2,5,11H2,1H3,(H,18,21)/b9-8+. The second-order valence-corrected chi connectivity index (χ2v) is 4.80. The van der Waals surface area contributed by atoms with Gasteiger partial charge in [-0.2, -0.15) is 0 Å². The van der Waals surface area contributed by atoms with Crippen LogP contribution in [0.4, 0.5) is 0 Å². The Hall–Kier alpha value is -2.27. The number of aliphatic hydroxyl groups is 1. The fraction of sp³-hybridized carbons (Fsp3) is 0.312. The first kappa shape index (κ1) is 15.1. The summed E-state index contributed by atoms with van der Waals surface area (Å²) in [5, 5.41) is 12.2. The highest BCUT2D eigenvalue weighted by Crippen LogP contribution is 2.09. The molecule has 0 spiro atoms. The maximum absolute atomic E-state index is 11.6. The van der Waals surface area contributed by atoms with E-state index in [9.17, 15) is 9.90 Å². The first-order valence-corrected chi connectivity index (χ1v) is 7.05. The number of para-hydroxylation sites is 2. The van der Waals surface area contributed by atoms with E-state index < -0.39 is 6.10 Å². The molecule has 1 heterocycles. The molecule has 0 saturated heterocycles. The van der Waals surface area contributed by atoms with E-state index in [0.29, 0.717) is 12.1 Å². The first-order valence-electron chi connectivity index (χ1n) is 7.05. The number of carbonyl (C=O) groups is 1. The Bertz CT molecular complexity index is 640. The molecule has 0 radical (unpaired) electrons. The van der Waals surface area contributed by atoms with Gasteiger partial charge in [-0.05, 0) is 24.6 Å². The summed E-state index contributed by atoms with van der Waals surface area (Å²) in [5.74, 6) is -0.250. The van der Waals surface area contributed by atoms with Gasteiger partial charge in [-0.1, -0.05) is 25.5 Å². The van der Waals surface area contributed by atoms with Crippen molar-refractivity contribution in [3.63, 3.8) is 0 Å². The minimum Gasteiger partial charge on any atom is -0.391 e. The number of aliphatic hydroxyl groups excluding tert-OH is 1. The van der Waals surface area contributed by atoms with Crippen molar-refractivity contribution in [3.8, 4) is 0 Å². The molecule has 110 valence electrons. The van der Waals surface area contributed by atoms with Gasteiger partial charge in [-0.15, -0.1) is 0 Å². The third-order valence-electron chi connectivity index (χ3n) is 3.01. The van der Waals surface area contributed by atoms with Crippen LogP contribution in [0.2, 0.25) is 0 Å². The summed E-state index contributed by atoms with van der Waals surface area (Å²) in [7, 11) is 0. The van der Waals surface area contributed by atoms with E-state index in [4.69, 9.17) is 0 Å². The number of nitrogens with zero attached hydrogens (tertiary/aromatic N) is 2. The number of hydrogen-bond donors (Lipinski definition) is 2. The number of nitrogens with one attached hydrogen (secondary N) is 1. The predicted molar refractivity (Wildman–Crippen MR) is 82.5 cm³/mol. The van der Waals surface area contributed by atoms with Crippen LogP contribution in [-0.4, -0.2) is 33.6 Å². The van der Waals surface area contributed by atoms with Crippen LogP contribution in [0.1, 0.15) is 25.5 Å². The largest absolute Gasteiger partial charge is 0.391 e. The lowest BCUT2D eigenvalue weighted by Crippen LogP contribution is -2.30. The summed E-state index contributed by atoms with van der Waals surface area (Å²) >= 11 is 0. The van der Waals surface area contributed by atoms with Crippen molar-refractivity contribution in [3.05, 3.63) is 42.2 Å². The molecule has 0 aliphatic carbocycles. The van der Waals surface area contributed by atoms with E-state index in [1.165, 1.54) is 6.08 Å². The lowest BCUT2D eigenvalue weighted by atomic mass is 10.2. The molecular formula is C16H19N3O2. The average Bonchev–Trinajstić information content (AvgIpc) is 2.51. The summed E-state index contributed by atoms with van der Waals surface area (Å²) in [6.07, 6.45) is 5.71. The van der Waals surface area contributed by atoms with Crippen molar-refractivity contribution in [2.45, 2.75) is 25.9 Å². The summed E-state index contributed by atoms with van der Waals surface area (Å²) < 4.78 is 0. The highest BCUT2D eigenvalue weighted by molar-refractivity contribution is 5.91. The molecular weight excluding hydrogens is 266 g/mol. The number of fused-ring (bicyclic) bond motifs is 1. The number of aromatic nitrogens is 2. The van der Waals surface area contributed by atoms with E-state index in [1.807, 2.05) is 31.2 Å². The quantitative estimate of drug-likeness (QED) is 0.795. The van der Waals surface area contributed by atoms with Gasteiger partial charge in [0, 0.05) is 12.6 Å². The van der Waals surface area contributed by atoms with Gasteiger partial charge in [0.1, 0.15) is 0 Å². The minimum absolute atomic E-state index is 0.250. The molecule has 0 bridgehead atoms. The Morgan fingerprint density at radius 2 is 2.14 bits per heavy atom. The summed E-state index contributed by atoms with van der Waals surface area (Å²) in [5.41, 5.74) is 2.23. The first-order chi connectivity index (χ1) is 10.2. The zero-order chi connectivity index (χ0) is 15.1. The van der Waals surface area contributed by atoms with Gasteiger partial charge in [-0.3, -0.25) is 9.78 Å². The summed E-state index contributed by atoms with van der Waals surface area (Å²) in [6, 6.07) is 7.56. The monoisotopic (exact) mass is 285 g/mol. The number of hydrogen-bond acceptors (Lipinski definition) is 4. The molecule has 0 aliphatic rings. The molecule has 0 saturated carbocycles. The Labute approximate surface area is 123 Å². The Morgan fingerprint density at radius 3 is 2.90 bits per heavy atom. The highest BCUT2D eigenvalue weighted by atomic mass is 16.3. The second-order valence-electron chi connectivity index (χ2n) is 4.80. The lowest BCUT2D eigenvalue weighted by molar-refractivity contribution is -0.116.